The maximum absolute atomic E-state index is 5.60. The molecule has 0 bridgehead atoms. The SMILES string of the molecule is C=C/C(N)=C(\C=C/C)SC. The van der Waals surface area contributed by atoms with Crippen LogP contribution in [0.2, 0.25) is 0 Å². The summed E-state index contributed by atoms with van der Waals surface area (Å²) in [6.07, 6.45) is 7.58. The molecule has 2 heteroatoms. The Labute approximate surface area is 66.7 Å². The van der Waals surface area contributed by atoms with E-state index in [-0.39, 0.29) is 0 Å². The van der Waals surface area contributed by atoms with Crippen LogP contribution in [0.25, 0.3) is 0 Å². The molecule has 0 rings (SSSR count). The van der Waals surface area contributed by atoms with Crippen LogP contribution in [0.4, 0.5) is 0 Å². The van der Waals surface area contributed by atoms with Crippen LogP contribution in [0.3, 0.4) is 0 Å². The normalized spacial score (nSPS) is 13.4. The van der Waals surface area contributed by atoms with E-state index in [0.29, 0.717) is 0 Å². The van der Waals surface area contributed by atoms with Crippen molar-refractivity contribution in [2.24, 2.45) is 5.73 Å². The minimum absolute atomic E-state index is 0.741. The van der Waals surface area contributed by atoms with Crippen molar-refractivity contribution in [1.82, 2.24) is 0 Å². The summed E-state index contributed by atoms with van der Waals surface area (Å²) < 4.78 is 0. The Morgan fingerprint density at radius 3 is 2.50 bits per heavy atom. The van der Waals surface area contributed by atoms with Gasteiger partial charge in [0.05, 0.1) is 0 Å². The first kappa shape index (κ1) is 9.37. The molecule has 0 aromatic carbocycles. The maximum atomic E-state index is 5.60. The van der Waals surface area contributed by atoms with E-state index in [0.717, 1.165) is 10.6 Å². The van der Waals surface area contributed by atoms with E-state index in [1.165, 1.54) is 0 Å². The molecule has 0 saturated carbocycles. The molecular weight excluding hydrogens is 142 g/mol. The predicted molar refractivity (Wildman–Crippen MR) is 49.7 cm³/mol. The highest BCUT2D eigenvalue weighted by molar-refractivity contribution is 8.02. The standard InChI is InChI=1S/C8H13NS/c1-4-6-8(10-3)7(9)5-2/h4-6H,2,9H2,1,3H3/b6-4-,8-7-. The molecule has 0 unspecified atom stereocenters. The fourth-order valence-corrected chi connectivity index (χ4v) is 1.13. The summed E-state index contributed by atoms with van der Waals surface area (Å²) in [7, 11) is 0. The van der Waals surface area contributed by atoms with Crippen molar-refractivity contribution in [1.29, 1.82) is 0 Å². The van der Waals surface area contributed by atoms with E-state index < -0.39 is 0 Å². The molecular formula is C8H13NS. The van der Waals surface area contributed by atoms with E-state index in [1.807, 2.05) is 25.3 Å². The Morgan fingerprint density at radius 1 is 1.60 bits per heavy atom. The second-order valence-corrected chi connectivity index (χ2v) is 2.58. The summed E-state index contributed by atoms with van der Waals surface area (Å²) in [5.74, 6) is 0. The van der Waals surface area contributed by atoms with Gasteiger partial charge in [-0.25, -0.2) is 0 Å². The minimum Gasteiger partial charge on any atom is -0.398 e. The lowest BCUT2D eigenvalue weighted by atomic mass is 10.4. The van der Waals surface area contributed by atoms with Gasteiger partial charge < -0.3 is 5.73 Å². The van der Waals surface area contributed by atoms with E-state index in [4.69, 9.17) is 5.73 Å². The van der Waals surface area contributed by atoms with Crippen molar-refractivity contribution in [3.8, 4) is 0 Å². The van der Waals surface area contributed by atoms with Crippen LogP contribution in [0.1, 0.15) is 6.92 Å². The highest BCUT2D eigenvalue weighted by Gasteiger charge is 1.91. The average Bonchev–Trinajstić information content (AvgIpc) is 1.99. The van der Waals surface area contributed by atoms with Crippen LogP contribution in [0.15, 0.2) is 35.4 Å². The van der Waals surface area contributed by atoms with Gasteiger partial charge in [-0.05, 0) is 19.3 Å². The minimum atomic E-state index is 0.741. The smallest absolute Gasteiger partial charge is 0.0446 e. The molecule has 0 fully saturated rings. The predicted octanol–water partition coefficient (Wildman–Crippen LogP) is 2.28. The Hall–Kier alpha value is -0.630. The maximum Gasteiger partial charge on any atom is 0.0446 e. The van der Waals surface area contributed by atoms with Gasteiger partial charge in [-0.15, -0.1) is 11.8 Å². The van der Waals surface area contributed by atoms with Crippen LogP contribution in [0.5, 0.6) is 0 Å². The Balaban J connectivity index is 4.44. The number of nitrogens with two attached hydrogens (primary N) is 1. The van der Waals surface area contributed by atoms with E-state index in [1.54, 1.807) is 17.8 Å². The zero-order valence-electron chi connectivity index (χ0n) is 6.42. The third-order valence-corrected chi connectivity index (χ3v) is 1.85. The van der Waals surface area contributed by atoms with Gasteiger partial charge in [-0.1, -0.05) is 18.7 Å². The molecule has 2 N–H and O–H groups in total. The summed E-state index contributed by atoms with van der Waals surface area (Å²) in [6.45, 7) is 5.55. The summed E-state index contributed by atoms with van der Waals surface area (Å²) in [6, 6.07) is 0. The Bertz CT molecular complexity index is 168. The number of hydrogen-bond donors (Lipinski definition) is 1. The fourth-order valence-electron chi connectivity index (χ4n) is 0.534. The first-order chi connectivity index (χ1) is 4.76. The lowest BCUT2D eigenvalue weighted by Gasteiger charge is -1.98. The molecule has 0 aliphatic rings. The topological polar surface area (TPSA) is 26.0 Å². The second-order valence-electron chi connectivity index (χ2n) is 1.73. The van der Waals surface area contributed by atoms with Crippen LogP contribution in [-0.2, 0) is 0 Å². The number of rotatable bonds is 3. The highest BCUT2D eigenvalue weighted by Crippen LogP contribution is 2.15. The van der Waals surface area contributed by atoms with Gasteiger partial charge in [-0.2, -0.15) is 0 Å². The largest absolute Gasteiger partial charge is 0.398 e. The molecule has 0 aliphatic heterocycles. The molecule has 0 aliphatic carbocycles. The molecule has 0 aromatic rings. The molecule has 0 heterocycles. The molecule has 0 atom stereocenters. The van der Waals surface area contributed by atoms with Gasteiger partial charge in [0.25, 0.3) is 0 Å². The zero-order chi connectivity index (χ0) is 7.98. The van der Waals surface area contributed by atoms with Gasteiger partial charge >= 0.3 is 0 Å². The molecule has 0 spiro atoms. The van der Waals surface area contributed by atoms with Crippen molar-refractivity contribution >= 4 is 11.8 Å². The number of allylic oxidation sites excluding steroid dienone is 3. The van der Waals surface area contributed by atoms with Crippen LogP contribution in [0, 0.1) is 0 Å². The highest BCUT2D eigenvalue weighted by atomic mass is 32.2. The molecule has 56 valence electrons. The van der Waals surface area contributed by atoms with Crippen molar-refractivity contribution in [2.75, 3.05) is 6.26 Å². The van der Waals surface area contributed by atoms with Crippen molar-refractivity contribution < 1.29 is 0 Å². The fraction of sp³-hybridized carbons (Fsp3) is 0.250. The molecule has 0 amide bonds. The summed E-state index contributed by atoms with van der Waals surface area (Å²) in [5, 5.41) is 0. The van der Waals surface area contributed by atoms with E-state index >= 15 is 0 Å². The van der Waals surface area contributed by atoms with Crippen molar-refractivity contribution in [2.45, 2.75) is 6.92 Å². The van der Waals surface area contributed by atoms with E-state index in [2.05, 4.69) is 6.58 Å². The van der Waals surface area contributed by atoms with Crippen LogP contribution < -0.4 is 5.73 Å². The van der Waals surface area contributed by atoms with Gasteiger partial charge in [0.2, 0.25) is 0 Å². The van der Waals surface area contributed by atoms with Crippen LogP contribution >= 0.6 is 11.8 Å². The Kier molecular flexibility index (Phi) is 4.85. The lowest BCUT2D eigenvalue weighted by Crippen LogP contribution is -1.94. The second kappa shape index (κ2) is 5.18. The molecule has 0 radical (unpaired) electrons. The third-order valence-electron chi connectivity index (χ3n) is 1.04. The zero-order valence-corrected chi connectivity index (χ0v) is 7.24. The summed E-state index contributed by atoms with van der Waals surface area (Å²) >= 11 is 1.62. The first-order valence-electron chi connectivity index (χ1n) is 3.05. The van der Waals surface area contributed by atoms with E-state index in [9.17, 15) is 0 Å². The van der Waals surface area contributed by atoms with Gasteiger partial charge in [0.1, 0.15) is 0 Å². The number of hydrogen-bond acceptors (Lipinski definition) is 2. The van der Waals surface area contributed by atoms with Crippen molar-refractivity contribution in [3.63, 3.8) is 0 Å². The lowest BCUT2D eigenvalue weighted by molar-refractivity contribution is 1.42. The molecule has 1 nitrogen and oxygen atoms in total. The third kappa shape index (κ3) is 2.78. The summed E-state index contributed by atoms with van der Waals surface area (Å²) in [4.78, 5) is 1.07. The molecule has 0 aromatic heterocycles. The van der Waals surface area contributed by atoms with Crippen molar-refractivity contribution in [3.05, 3.63) is 35.4 Å². The average molecular weight is 155 g/mol. The van der Waals surface area contributed by atoms with Gasteiger partial charge in [-0.3, -0.25) is 0 Å². The van der Waals surface area contributed by atoms with Gasteiger partial charge in [0, 0.05) is 10.6 Å². The molecule has 0 saturated heterocycles. The molecule has 10 heavy (non-hydrogen) atoms. The van der Waals surface area contributed by atoms with Crippen LogP contribution in [-0.4, -0.2) is 6.26 Å². The number of thioether (sulfide) groups is 1. The van der Waals surface area contributed by atoms with Gasteiger partial charge in [0.15, 0.2) is 0 Å². The first-order valence-corrected chi connectivity index (χ1v) is 4.27. The summed E-state index contributed by atoms with van der Waals surface area (Å²) in [5.41, 5.74) is 6.34. The monoisotopic (exact) mass is 155 g/mol. The quantitative estimate of drug-likeness (QED) is 0.633. The Morgan fingerprint density at radius 2 is 2.20 bits per heavy atom.